The maximum atomic E-state index is 11.4. The van der Waals surface area contributed by atoms with Crippen LogP contribution in [-0.2, 0) is 9.53 Å². The monoisotopic (exact) mass is 367 g/mol. The number of anilines is 1. The molecule has 10 heteroatoms. The fourth-order valence-electron chi connectivity index (χ4n) is 1.81. The summed E-state index contributed by atoms with van der Waals surface area (Å²) in [5.74, 6) is -0.155. The molecule has 0 unspecified atom stereocenters. The highest BCUT2D eigenvalue weighted by Gasteiger charge is 2.15. The Hall–Kier alpha value is -2.88. The van der Waals surface area contributed by atoms with Gasteiger partial charge in [-0.3, -0.25) is 10.1 Å². The number of nitrogens with one attached hydrogen (secondary N) is 1. The van der Waals surface area contributed by atoms with E-state index in [1.807, 2.05) is 5.38 Å². The van der Waals surface area contributed by atoms with E-state index in [0.717, 1.165) is 5.13 Å². The molecule has 1 N–H and O–H groups in total. The fourth-order valence-corrected chi connectivity index (χ4v) is 2.37. The van der Waals surface area contributed by atoms with Crippen LogP contribution in [0.25, 0.3) is 0 Å². The van der Waals surface area contributed by atoms with Crippen molar-refractivity contribution in [2.24, 2.45) is 0 Å². The summed E-state index contributed by atoms with van der Waals surface area (Å²) in [5, 5.41) is 16.6. The van der Waals surface area contributed by atoms with E-state index in [2.05, 4.69) is 10.3 Å². The number of aromatic nitrogens is 1. The second-order valence-electron chi connectivity index (χ2n) is 4.59. The average Bonchev–Trinajstić information content (AvgIpc) is 3.11. The molecule has 0 saturated heterocycles. The Morgan fingerprint density at radius 1 is 1.36 bits per heavy atom. The Morgan fingerprint density at radius 3 is 2.88 bits per heavy atom. The fraction of sp³-hybridized carbons (Fsp3) is 0.333. The van der Waals surface area contributed by atoms with Crippen molar-refractivity contribution in [2.75, 3.05) is 31.7 Å². The van der Waals surface area contributed by atoms with Crippen molar-refractivity contribution in [2.45, 2.75) is 6.92 Å². The molecule has 9 nitrogen and oxygen atoms in total. The van der Waals surface area contributed by atoms with Crippen molar-refractivity contribution in [3.8, 4) is 11.5 Å². The molecule has 0 saturated carbocycles. The van der Waals surface area contributed by atoms with E-state index in [1.165, 1.54) is 29.5 Å². The number of thiazole rings is 1. The Bertz CT molecular complexity index is 707. The van der Waals surface area contributed by atoms with Gasteiger partial charge in [0.25, 0.3) is 5.69 Å². The van der Waals surface area contributed by atoms with Crippen LogP contribution in [0, 0.1) is 10.1 Å². The molecule has 0 radical (unpaired) electrons. The third kappa shape index (κ3) is 5.92. The molecular formula is C15H17N3O6S. The van der Waals surface area contributed by atoms with Gasteiger partial charge in [0.1, 0.15) is 6.61 Å². The number of esters is 1. The number of hydrogen-bond donors (Lipinski definition) is 1. The predicted molar refractivity (Wildman–Crippen MR) is 91.3 cm³/mol. The number of carbonyl (C=O) groups is 1. The first-order chi connectivity index (χ1) is 12.1. The maximum Gasteiger partial charge on any atom is 0.344 e. The van der Waals surface area contributed by atoms with Gasteiger partial charge in [0.05, 0.1) is 24.1 Å². The van der Waals surface area contributed by atoms with Crippen molar-refractivity contribution in [1.29, 1.82) is 0 Å². The zero-order chi connectivity index (χ0) is 18.1. The summed E-state index contributed by atoms with van der Waals surface area (Å²) in [4.78, 5) is 25.8. The van der Waals surface area contributed by atoms with Gasteiger partial charge in [0.2, 0.25) is 0 Å². The zero-order valence-corrected chi connectivity index (χ0v) is 14.3. The Labute approximate surface area is 147 Å². The summed E-state index contributed by atoms with van der Waals surface area (Å²) < 4.78 is 15.7. The van der Waals surface area contributed by atoms with Gasteiger partial charge in [-0.25, -0.2) is 9.78 Å². The van der Waals surface area contributed by atoms with Gasteiger partial charge < -0.3 is 19.5 Å². The van der Waals surface area contributed by atoms with Crippen LogP contribution in [0.15, 0.2) is 29.8 Å². The average molecular weight is 367 g/mol. The van der Waals surface area contributed by atoms with E-state index in [-0.39, 0.29) is 31.3 Å². The highest BCUT2D eigenvalue weighted by Crippen LogP contribution is 2.31. The summed E-state index contributed by atoms with van der Waals surface area (Å²) in [6.07, 6.45) is 1.69. The van der Waals surface area contributed by atoms with Crippen LogP contribution in [0.4, 0.5) is 10.8 Å². The van der Waals surface area contributed by atoms with Crippen molar-refractivity contribution >= 4 is 28.1 Å². The number of nitrogens with zero attached hydrogens (tertiary/aromatic N) is 2. The summed E-state index contributed by atoms with van der Waals surface area (Å²) in [6.45, 7) is 2.32. The van der Waals surface area contributed by atoms with Crippen molar-refractivity contribution < 1.29 is 23.9 Å². The van der Waals surface area contributed by atoms with Crippen LogP contribution in [0.5, 0.6) is 11.5 Å². The highest BCUT2D eigenvalue weighted by atomic mass is 32.1. The molecule has 2 rings (SSSR count). The molecule has 0 spiro atoms. The lowest BCUT2D eigenvalue weighted by Crippen LogP contribution is -2.16. The topological polar surface area (TPSA) is 113 Å². The lowest BCUT2D eigenvalue weighted by molar-refractivity contribution is -0.385. The third-order valence-corrected chi connectivity index (χ3v) is 3.59. The lowest BCUT2D eigenvalue weighted by Gasteiger charge is -2.12. The summed E-state index contributed by atoms with van der Waals surface area (Å²) >= 11 is 1.46. The summed E-state index contributed by atoms with van der Waals surface area (Å²) in [5.41, 5.74) is -0.160. The minimum Gasteiger partial charge on any atom is -0.488 e. The van der Waals surface area contributed by atoms with Gasteiger partial charge in [0, 0.05) is 17.6 Å². The number of ether oxygens (including phenoxy) is 3. The van der Waals surface area contributed by atoms with E-state index >= 15 is 0 Å². The zero-order valence-electron chi connectivity index (χ0n) is 13.5. The molecule has 0 aliphatic rings. The molecule has 1 aromatic carbocycles. The normalized spacial score (nSPS) is 10.1. The van der Waals surface area contributed by atoms with Crippen LogP contribution < -0.4 is 14.8 Å². The number of hydrogen-bond acceptors (Lipinski definition) is 9. The molecule has 0 amide bonds. The second-order valence-corrected chi connectivity index (χ2v) is 5.49. The first-order valence-electron chi connectivity index (χ1n) is 7.43. The SMILES string of the molecule is CCOC(=O)COc1cc([N+](=O)[O-])ccc1OCCNc1nccs1. The van der Waals surface area contributed by atoms with Crippen LogP contribution in [0.3, 0.4) is 0 Å². The number of carbonyl (C=O) groups excluding carboxylic acids is 1. The molecule has 134 valence electrons. The standard InChI is InChI=1S/C15H17N3O6S/c1-2-22-14(19)10-24-13-9-11(18(20)21)3-4-12(13)23-7-5-16-15-17-6-8-25-15/h3-4,6,8-9H,2,5,7,10H2,1H3,(H,16,17). The Balaban J connectivity index is 1.96. The maximum absolute atomic E-state index is 11.4. The number of benzene rings is 1. The molecule has 0 atom stereocenters. The van der Waals surface area contributed by atoms with Crippen LogP contribution >= 0.6 is 11.3 Å². The number of nitro benzene ring substituents is 1. The van der Waals surface area contributed by atoms with Crippen molar-refractivity contribution in [1.82, 2.24) is 4.98 Å². The Kier molecular flexibility index (Phi) is 6.96. The van der Waals surface area contributed by atoms with Crippen LogP contribution in [-0.4, -0.2) is 42.2 Å². The lowest BCUT2D eigenvalue weighted by atomic mass is 10.3. The molecule has 25 heavy (non-hydrogen) atoms. The van der Waals surface area contributed by atoms with Gasteiger partial charge in [-0.05, 0) is 13.0 Å². The molecule has 0 aliphatic heterocycles. The van der Waals surface area contributed by atoms with Crippen molar-refractivity contribution in [3.63, 3.8) is 0 Å². The first kappa shape index (κ1) is 18.5. The molecule has 1 aromatic heterocycles. The molecule has 2 aromatic rings. The van der Waals surface area contributed by atoms with E-state index in [4.69, 9.17) is 14.2 Å². The van der Waals surface area contributed by atoms with Crippen molar-refractivity contribution in [3.05, 3.63) is 39.9 Å². The quantitative estimate of drug-likeness (QED) is 0.295. The number of rotatable bonds is 10. The van der Waals surface area contributed by atoms with E-state index in [1.54, 1.807) is 13.1 Å². The summed E-state index contributed by atoms with van der Waals surface area (Å²) in [7, 11) is 0. The van der Waals surface area contributed by atoms with E-state index in [9.17, 15) is 14.9 Å². The molecule has 0 aliphatic carbocycles. The highest BCUT2D eigenvalue weighted by molar-refractivity contribution is 7.13. The third-order valence-electron chi connectivity index (χ3n) is 2.86. The predicted octanol–water partition coefficient (Wildman–Crippen LogP) is 2.48. The van der Waals surface area contributed by atoms with Gasteiger partial charge in [0.15, 0.2) is 23.2 Å². The first-order valence-corrected chi connectivity index (χ1v) is 8.31. The van der Waals surface area contributed by atoms with Crippen LogP contribution in [0.1, 0.15) is 6.92 Å². The molecular weight excluding hydrogens is 350 g/mol. The largest absolute Gasteiger partial charge is 0.488 e. The smallest absolute Gasteiger partial charge is 0.344 e. The Morgan fingerprint density at radius 2 is 2.20 bits per heavy atom. The van der Waals surface area contributed by atoms with Gasteiger partial charge in [-0.15, -0.1) is 11.3 Å². The minimum absolute atomic E-state index is 0.108. The molecule has 0 fully saturated rings. The number of non-ortho nitro benzene ring substituents is 1. The van der Waals surface area contributed by atoms with E-state index < -0.39 is 10.9 Å². The van der Waals surface area contributed by atoms with Gasteiger partial charge in [-0.1, -0.05) is 0 Å². The van der Waals surface area contributed by atoms with Crippen LogP contribution in [0.2, 0.25) is 0 Å². The van der Waals surface area contributed by atoms with Gasteiger partial charge in [-0.2, -0.15) is 0 Å². The van der Waals surface area contributed by atoms with E-state index in [0.29, 0.717) is 12.3 Å². The second kappa shape index (κ2) is 9.42. The van der Waals surface area contributed by atoms with Gasteiger partial charge >= 0.3 is 5.97 Å². The number of nitro groups is 1. The molecule has 1 heterocycles. The summed E-state index contributed by atoms with van der Waals surface area (Å²) in [6, 6.07) is 3.95. The molecule has 0 bridgehead atoms. The minimum atomic E-state index is -0.564.